The zero-order valence-electron chi connectivity index (χ0n) is 24.8. The predicted octanol–water partition coefficient (Wildman–Crippen LogP) is 6.22. The molecule has 214 valence electrons. The number of benzene rings is 2. The van der Waals surface area contributed by atoms with Gasteiger partial charge in [-0.3, -0.25) is 0 Å². The van der Waals surface area contributed by atoms with E-state index in [2.05, 4.69) is 63.2 Å². The molecule has 0 saturated carbocycles. The van der Waals surface area contributed by atoms with Crippen LogP contribution >= 0.6 is 0 Å². The van der Waals surface area contributed by atoms with Crippen LogP contribution < -0.4 is 19.7 Å². The van der Waals surface area contributed by atoms with Gasteiger partial charge in [0.15, 0.2) is 5.75 Å². The van der Waals surface area contributed by atoms with Crippen molar-refractivity contribution < 1.29 is 9.47 Å². The standard InChI is InChI=1S/C32H39N7O2/c1-7-22(3)28-20-25(13-14-39(28)35-8-2)41-29-12-9-24(19-23(29)4)36-32-30-26(33-21-34-32)10-11-27(31(30)40-6)38-17-15-37(5)16-18-38/h8-14,19-21H,7,15-18H2,1-6H3,(H,33,34,36)/b28-22-,35-8-. The van der Waals surface area contributed by atoms with Crippen LogP contribution in [0.1, 0.15) is 32.8 Å². The number of nitrogens with zero attached hydrogens (tertiary/aromatic N) is 6. The van der Waals surface area contributed by atoms with Crippen LogP contribution in [-0.2, 0) is 0 Å². The summed E-state index contributed by atoms with van der Waals surface area (Å²) in [5.74, 6) is 3.04. The number of nitrogens with one attached hydrogen (secondary N) is 1. The lowest BCUT2D eigenvalue weighted by Crippen LogP contribution is -2.44. The van der Waals surface area contributed by atoms with E-state index in [9.17, 15) is 0 Å². The fraction of sp³-hybridized carbons (Fsp3) is 0.344. The van der Waals surface area contributed by atoms with Gasteiger partial charge < -0.3 is 24.6 Å². The smallest absolute Gasteiger partial charge is 0.155 e. The average molecular weight is 554 g/mol. The van der Waals surface area contributed by atoms with E-state index in [-0.39, 0.29) is 0 Å². The summed E-state index contributed by atoms with van der Waals surface area (Å²) in [4.78, 5) is 13.8. The van der Waals surface area contributed by atoms with E-state index in [0.29, 0.717) is 5.82 Å². The van der Waals surface area contributed by atoms with Crippen LogP contribution in [0.3, 0.4) is 0 Å². The molecule has 5 rings (SSSR count). The molecule has 1 saturated heterocycles. The number of hydrogen-bond acceptors (Lipinski definition) is 9. The first-order chi connectivity index (χ1) is 19.9. The lowest BCUT2D eigenvalue weighted by molar-refractivity contribution is 0.311. The Morgan fingerprint density at radius 1 is 1.12 bits per heavy atom. The molecule has 0 radical (unpaired) electrons. The Labute approximate surface area is 242 Å². The number of aryl methyl sites for hydroxylation is 1. The fourth-order valence-corrected chi connectivity index (χ4v) is 5.08. The summed E-state index contributed by atoms with van der Waals surface area (Å²) in [6.45, 7) is 12.1. The van der Waals surface area contributed by atoms with Crippen molar-refractivity contribution in [3.8, 4) is 11.5 Å². The number of likely N-dealkylation sites (N-methyl/N-ethyl adjacent to an activating group) is 1. The maximum absolute atomic E-state index is 6.32. The summed E-state index contributed by atoms with van der Waals surface area (Å²) in [5, 5.41) is 10.7. The Kier molecular flexibility index (Phi) is 8.54. The Balaban J connectivity index is 1.41. The molecule has 3 heterocycles. The van der Waals surface area contributed by atoms with Gasteiger partial charge in [-0.25, -0.2) is 15.0 Å². The van der Waals surface area contributed by atoms with Gasteiger partial charge in [0.1, 0.15) is 23.7 Å². The van der Waals surface area contributed by atoms with Gasteiger partial charge in [-0.1, -0.05) is 6.92 Å². The molecule has 41 heavy (non-hydrogen) atoms. The van der Waals surface area contributed by atoms with Gasteiger partial charge in [-0.05, 0) is 81.8 Å². The number of hydrazone groups is 1. The lowest BCUT2D eigenvalue weighted by atomic mass is 10.1. The molecule has 0 bridgehead atoms. The molecular weight excluding hydrogens is 514 g/mol. The molecule has 1 N–H and O–H groups in total. The number of ether oxygens (including phenoxy) is 2. The third-order valence-corrected chi connectivity index (χ3v) is 7.56. The number of aromatic nitrogens is 2. The Morgan fingerprint density at radius 2 is 1.93 bits per heavy atom. The molecule has 3 aromatic rings. The summed E-state index contributed by atoms with van der Waals surface area (Å²) < 4.78 is 12.3. The number of methoxy groups -OCH3 is 1. The first-order valence-electron chi connectivity index (χ1n) is 14.1. The molecule has 0 unspecified atom stereocenters. The van der Waals surface area contributed by atoms with Gasteiger partial charge >= 0.3 is 0 Å². The number of allylic oxidation sites excluding steroid dienone is 3. The second kappa shape index (κ2) is 12.4. The quantitative estimate of drug-likeness (QED) is 0.329. The second-order valence-electron chi connectivity index (χ2n) is 10.3. The van der Waals surface area contributed by atoms with Crippen molar-refractivity contribution in [1.29, 1.82) is 0 Å². The number of fused-ring (bicyclic) bond motifs is 1. The van der Waals surface area contributed by atoms with Gasteiger partial charge in [0, 0.05) is 50.4 Å². The highest BCUT2D eigenvalue weighted by Crippen LogP contribution is 2.40. The van der Waals surface area contributed by atoms with Gasteiger partial charge in [-0.2, -0.15) is 5.10 Å². The van der Waals surface area contributed by atoms with Crippen molar-refractivity contribution >= 4 is 34.3 Å². The van der Waals surface area contributed by atoms with E-state index in [0.717, 1.165) is 83.4 Å². The minimum Gasteiger partial charge on any atom is -0.494 e. The normalized spacial score (nSPS) is 17.3. The molecule has 0 aliphatic carbocycles. The highest BCUT2D eigenvalue weighted by atomic mass is 16.5. The van der Waals surface area contributed by atoms with Crippen LogP contribution in [0.15, 0.2) is 77.1 Å². The van der Waals surface area contributed by atoms with Gasteiger partial charge in [0.2, 0.25) is 0 Å². The van der Waals surface area contributed by atoms with E-state index in [1.165, 1.54) is 5.57 Å². The molecule has 2 aliphatic rings. The summed E-state index contributed by atoms with van der Waals surface area (Å²) in [5.41, 5.74) is 6.06. The van der Waals surface area contributed by atoms with Crippen molar-refractivity contribution in [3.63, 3.8) is 0 Å². The van der Waals surface area contributed by atoms with Crippen LogP contribution in [0.5, 0.6) is 11.5 Å². The SMILES string of the molecule is C/C=N\N1C=CC(Oc2ccc(Nc3ncnc4ccc(N5CCN(C)CC5)c(OC)c34)cc2C)=C/C1=C(\C)CC. The van der Waals surface area contributed by atoms with Crippen LogP contribution in [0.2, 0.25) is 0 Å². The number of anilines is 3. The third-order valence-electron chi connectivity index (χ3n) is 7.56. The fourth-order valence-electron chi connectivity index (χ4n) is 5.08. The van der Waals surface area contributed by atoms with E-state index in [1.807, 2.05) is 55.4 Å². The average Bonchev–Trinajstić information content (AvgIpc) is 2.99. The third kappa shape index (κ3) is 6.05. The molecule has 1 fully saturated rings. The largest absolute Gasteiger partial charge is 0.494 e. The monoisotopic (exact) mass is 553 g/mol. The minimum atomic E-state index is 0.704. The van der Waals surface area contributed by atoms with Crippen molar-refractivity contribution in [3.05, 3.63) is 77.6 Å². The minimum absolute atomic E-state index is 0.704. The van der Waals surface area contributed by atoms with E-state index < -0.39 is 0 Å². The van der Waals surface area contributed by atoms with E-state index in [4.69, 9.17) is 9.47 Å². The number of rotatable bonds is 8. The zero-order chi connectivity index (χ0) is 28.9. The van der Waals surface area contributed by atoms with Gasteiger partial charge in [0.25, 0.3) is 0 Å². The topological polar surface area (TPSA) is 78.3 Å². The Bertz CT molecular complexity index is 1530. The second-order valence-corrected chi connectivity index (χ2v) is 10.3. The molecule has 9 nitrogen and oxygen atoms in total. The number of piperazine rings is 1. The van der Waals surface area contributed by atoms with Gasteiger partial charge in [-0.15, -0.1) is 0 Å². The van der Waals surface area contributed by atoms with Crippen LogP contribution in [0.4, 0.5) is 17.2 Å². The molecule has 9 heteroatoms. The lowest BCUT2D eigenvalue weighted by Gasteiger charge is -2.35. The molecule has 1 aromatic heterocycles. The van der Waals surface area contributed by atoms with Crippen molar-refractivity contribution in [2.75, 3.05) is 50.6 Å². The summed E-state index contributed by atoms with van der Waals surface area (Å²) in [6.07, 6.45) is 10.2. The molecule has 2 aromatic carbocycles. The Morgan fingerprint density at radius 3 is 2.63 bits per heavy atom. The van der Waals surface area contributed by atoms with E-state index in [1.54, 1.807) is 19.7 Å². The molecule has 0 atom stereocenters. The van der Waals surface area contributed by atoms with Crippen molar-refractivity contribution in [2.45, 2.75) is 34.1 Å². The van der Waals surface area contributed by atoms with Crippen molar-refractivity contribution in [1.82, 2.24) is 19.9 Å². The molecular formula is C32H39N7O2. The zero-order valence-corrected chi connectivity index (χ0v) is 24.8. The van der Waals surface area contributed by atoms with Crippen LogP contribution in [0, 0.1) is 6.92 Å². The maximum atomic E-state index is 6.32. The highest BCUT2D eigenvalue weighted by molar-refractivity contribution is 6.00. The predicted molar refractivity (Wildman–Crippen MR) is 167 cm³/mol. The first kappa shape index (κ1) is 28.2. The van der Waals surface area contributed by atoms with Crippen LogP contribution in [-0.4, -0.2) is 66.4 Å². The summed E-state index contributed by atoms with van der Waals surface area (Å²) in [6, 6.07) is 10.2. The maximum Gasteiger partial charge on any atom is 0.155 e. The molecule has 0 spiro atoms. The summed E-state index contributed by atoms with van der Waals surface area (Å²) in [7, 11) is 3.87. The summed E-state index contributed by atoms with van der Waals surface area (Å²) >= 11 is 0. The van der Waals surface area contributed by atoms with Crippen molar-refractivity contribution in [2.24, 2.45) is 5.10 Å². The molecule has 0 amide bonds. The first-order valence-corrected chi connectivity index (χ1v) is 14.1. The Hall–Kier alpha value is -4.37. The van der Waals surface area contributed by atoms with Crippen LogP contribution in [0.25, 0.3) is 10.9 Å². The molecule has 2 aliphatic heterocycles. The number of hydrogen-bond donors (Lipinski definition) is 1. The van der Waals surface area contributed by atoms with E-state index >= 15 is 0 Å². The van der Waals surface area contributed by atoms with Gasteiger partial charge in [0.05, 0.1) is 29.4 Å². The highest BCUT2D eigenvalue weighted by Gasteiger charge is 2.22.